The summed E-state index contributed by atoms with van der Waals surface area (Å²) in [5, 5.41) is 7.03. The van der Waals surface area contributed by atoms with Gasteiger partial charge < -0.3 is 10.6 Å². The second-order valence-electron chi connectivity index (χ2n) is 8.21. The number of anilines is 1. The third-order valence-corrected chi connectivity index (χ3v) is 7.32. The number of amides is 2. The van der Waals surface area contributed by atoms with Crippen molar-refractivity contribution in [1.82, 2.24) is 9.62 Å². The van der Waals surface area contributed by atoms with E-state index in [1.165, 1.54) is 9.71 Å². The van der Waals surface area contributed by atoms with E-state index in [-0.39, 0.29) is 36.9 Å². The minimum atomic E-state index is -3.55. The maximum absolute atomic E-state index is 12.8. The van der Waals surface area contributed by atoms with E-state index in [1.807, 2.05) is 30.3 Å². The number of hydrogen-bond donors (Lipinski definition) is 2. The molecule has 7 nitrogen and oxygen atoms in total. The number of rotatable bonds is 7. The molecule has 2 aliphatic rings. The number of benzene rings is 2. The lowest BCUT2D eigenvalue weighted by atomic mass is 9.97. The van der Waals surface area contributed by atoms with Gasteiger partial charge in [-0.05, 0) is 49.5 Å². The van der Waals surface area contributed by atoms with Crippen molar-refractivity contribution in [3.63, 3.8) is 0 Å². The number of nitrogens with one attached hydrogen (secondary N) is 2. The van der Waals surface area contributed by atoms with E-state index < -0.39 is 10.0 Å². The molecule has 4 rings (SSSR count). The lowest BCUT2D eigenvalue weighted by Crippen LogP contribution is -2.40. The molecule has 2 amide bonds. The van der Waals surface area contributed by atoms with Crippen LogP contribution in [0, 0.1) is 5.92 Å². The van der Waals surface area contributed by atoms with Crippen LogP contribution in [-0.4, -0.2) is 43.7 Å². The van der Waals surface area contributed by atoms with Crippen molar-refractivity contribution in [1.29, 1.82) is 0 Å². The molecule has 0 bridgehead atoms. The predicted molar refractivity (Wildman–Crippen MR) is 124 cm³/mol. The Bertz CT molecular complexity index is 1100. The van der Waals surface area contributed by atoms with Crippen LogP contribution in [0.15, 0.2) is 60.0 Å². The highest BCUT2D eigenvalue weighted by Gasteiger charge is 2.31. The number of para-hydroxylation sites is 1. The largest absolute Gasteiger partial charge is 0.349 e. The topological polar surface area (TPSA) is 95.6 Å². The summed E-state index contributed by atoms with van der Waals surface area (Å²) >= 11 is 0. The standard InChI is InChI=1S/C24H27N3O4S/c28-23(26-22-9-5-4-8-21(22)24(29)25-20-10-11-20)19-12-15-27(16-13-19)32(30,31)17-14-18-6-2-1-3-7-18/h1-9,14,17,19-20H,10-13,15-16H2,(H,25,29)(H,26,28)/b17-14+. The number of sulfonamides is 1. The first-order valence-electron chi connectivity index (χ1n) is 10.9. The fourth-order valence-corrected chi connectivity index (χ4v) is 4.92. The molecule has 0 spiro atoms. The number of carbonyl (C=O) groups is 2. The highest BCUT2D eigenvalue weighted by atomic mass is 32.2. The maximum Gasteiger partial charge on any atom is 0.253 e. The Morgan fingerprint density at radius 2 is 1.56 bits per heavy atom. The molecule has 2 fully saturated rings. The first kappa shape index (κ1) is 22.2. The smallest absolute Gasteiger partial charge is 0.253 e. The fraction of sp³-hybridized carbons (Fsp3) is 0.333. The zero-order valence-corrected chi connectivity index (χ0v) is 18.6. The van der Waals surface area contributed by atoms with Gasteiger partial charge >= 0.3 is 0 Å². The van der Waals surface area contributed by atoms with Gasteiger partial charge in [-0.2, -0.15) is 4.31 Å². The highest BCUT2D eigenvalue weighted by molar-refractivity contribution is 7.92. The molecule has 0 aromatic heterocycles. The number of piperidine rings is 1. The van der Waals surface area contributed by atoms with E-state index in [0.717, 1.165) is 18.4 Å². The van der Waals surface area contributed by atoms with Gasteiger partial charge in [0.15, 0.2) is 0 Å². The van der Waals surface area contributed by atoms with Crippen molar-refractivity contribution in [2.45, 2.75) is 31.7 Å². The molecule has 0 atom stereocenters. The van der Waals surface area contributed by atoms with Crippen LogP contribution in [0.25, 0.3) is 6.08 Å². The highest BCUT2D eigenvalue weighted by Crippen LogP contribution is 2.25. The molecule has 1 aliphatic carbocycles. The van der Waals surface area contributed by atoms with Crippen LogP contribution in [0.2, 0.25) is 0 Å². The van der Waals surface area contributed by atoms with Crippen LogP contribution >= 0.6 is 0 Å². The SMILES string of the molecule is O=C(NC1CC1)c1ccccc1NC(=O)C1CCN(S(=O)(=O)/C=C/c2ccccc2)CC1. The van der Waals surface area contributed by atoms with Crippen molar-refractivity contribution < 1.29 is 18.0 Å². The summed E-state index contributed by atoms with van der Waals surface area (Å²) in [6, 6.07) is 16.4. The maximum atomic E-state index is 12.8. The normalized spacial score (nSPS) is 17.9. The first-order chi connectivity index (χ1) is 15.4. The molecule has 168 valence electrons. The Balaban J connectivity index is 1.34. The molecular formula is C24H27N3O4S. The van der Waals surface area contributed by atoms with Crippen LogP contribution in [-0.2, 0) is 14.8 Å². The van der Waals surface area contributed by atoms with Crippen LogP contribution in [0.3, 0.4) is 0 Å². The zero-order chi connectivity index (χ0) is 22.6. The second-order valence-corrected chi connectivity index (χ2v) is 10.0. The molecular weight excluding hydrogens is 426 g/mol. The lowest BCUT2D eigenvalue weighted by Gasteiger charge is -2.29. The van der Waals surface area contributed by atoms with Crippen molar-refractivity contribution in [2.24, 2.45) is 5.92 Å². The quantitative estimate of drug-likeness (QED) is 0.673. The molecule has 0 radical (unpaired) electrons. The van der Waals surface area contributed by atoms with Gasteiger partial charge in [-0.25, -0.2) is 8.42 Å². The monoisotopic (exact) mass is 453 g/mol. The Hall–Kier alpha value is -2.97. The van der Waals surface area contributed by atoms with Crippen LogP contribution in [0.4, 0.5) is 5.69 Å². The molecule has 1 saturated carbocycles. The predicted octanol–water partition coefficient (Wildman–Crippen LogP) is 3.23. The van der Waals surface area contributed by atoms with Gasteiger partial charge in [0, 0.05) is 30.5 Å². The van der Waals surface area contributed by atoms with E-state index >= 15 is 0 Å². The summed E-state index contributed by atoms with van der Waals surface area (Å²) in [6.07, 6.45) is 4.42. The van der Waals surface area contributed by atoms with Gasteiger partial charge in [0.2, 0.25) is 15.9 Å². The van der Waals surface area contributed by atoms with Crippen molar-refractivity contribution in [3.8, 4) is 0 Å². The second kappa shape index (κ2) is 9.67. The molecule has 0 unspecified atom stereocenters. The summed E-state index contributed by atoms with van der Waals surface area (Å²) in [5.41, 5.74) is 1.74. The molecule has 2 N–H and O–H groups in total. The average molecular weight is 454 g/mol. The van der Waals surface area contributed by atoms with E-state index in [1.54, 1.807) is 30.3 Å². The van der Waals surface area contributed by atoms with Crippen molar-refractivity contribution in [2.75, 3.05) is 18.4 Å². The van der Waals surface area contributed by atoms with Gasteiger partial charge in [0.05, 0.1) is 11.3 Å². The number of carbonyl (C=O) groups excluding carboxylic acids is 2. The van der Waals surface area contributed by atoms with Gasteiger partial charge in [-0.1, -0.05) is 42.5 Å². The molecule has 1 saturated heterocycles. The average Bonchev–Trinajstić information content (AvgIpc) is 3.63. The third kappa shape index (κ3) is 5.63. The first-order valence-corrected chi connectivity index (χ1v) is 12.4. The molecule has 2 aromatic carbocycles. The molecule has 8 heteroatoms. The van der Waals surface area contributed by atoms with Crippen molar-refractivity contribution in [3.05, 3.63) is 71.1 Å². The Labute approximate surface area is 188 Å². The van der Waals surface area contributed by atoms with Crippen molar-refractivity contribution >= 4 is 33.6 Å². The summed E-state index contributed by atoms with van der Waals surface area (Å²) in [6.45, 7) is 0.562. The Kier molecular flexibility index (Phi) is 6.72. The van der Waals surface area contributed by atoms with Crippen LogP contribution in [0.5, 0.6) is 0 Å². The minimum Gasteiger partial charge on any atom is -0.349 e. The van der Waals surface area contributed by atoms with Gasteiger partial charge in [0.25, 0.3) is 5.91 Å². The Morgan fingerprint density at radius 1 is 0.906 bits per heavy atom. The van der Waals surface area contributed by atoms with Gasteiger partial charge in [-0.3, -0.25) is 9.59 Å². The summed E-state index contributed by atoms with van der Waals surface area (Å²) in [5.74, 6) is -0.679. The Morgan fingerprint density at radius 3 is 2.25 bits per heavy atom. The van der Waals surface area contributed by atoms with E-state index in [0.29, 0.717) is 24.1 Å². The van der Waals surface area contributed by atoms with E-state index in [2.05, 4.69) is 10.6 Å². The molecule has 2 aromatic rings. The van der Waals surface area contributed by atoms with Gasteiger partial charge in [0.1, 0.15) is 0 Å². The molecule has 1 aliphatic heterocycles. The summed E-state index contributed by atoms with van der Waals surface area (Å²) in [7, 11) is -3.55. The van der Waals surface area contributed by atoms with E-state index in [9.17, 15) is 18.0 Å². The number of nitrogens with zero attached hydrogens (tertiary/aromatic N) is 1. The zero-order valence-electron chi connectivity index (χ0n) is 17.7. The molecule has 1 heterocycles. The third-order valence-electron chi connectivity index (χ3n) is 5.76. The summed E-state index contributed by atoms with van der Waals surface area (Å²) in [4.78, 5) is 25.3. The fourth-order valence-electron chi connectivity index (χ4n) is 3.70. The van der Waals surface area contributed by atoms with Gasteiger partial charge in [-0.15, -0.1) is 0 Å². The summed E-state index contributed by atoms with van der Waals surface area (Å²) < 4.78 is 26.7. The minimum absolute atomic E-state index is 0.186. The lowest BCUT2D eigenvalue weighted by molar-refractivity contribution is -0.120. The van der Waals surface area contributed by atoms with Crippen LogP contribution in [0.1, 0.15) is 41.6 Å². The van der Waals surface area contributed by atoms with E-state index in [4.69, 9.17) is 0 Å². The molecule has 32 heavy (non-hydrogen) atoms. The van der Waals surface area contributed by atoms with Crippen LogP contribution < -0.4 is 10.6 Å². The number of hydrogen-bond acceptors (Lipinski definition) is 4.